The number of carbonyl (C=O) groups is 1. The summed E-state index contributed by atoms with van der Waals surface area (Å²) in [5, 5.41) is 5.02. The van der Waals surface area contributed by atoms with Crippen LogP contribution in [-0.4, -0.2) is 56.7 Å². The summed E-state index contributed by atoms with van der Waals surface area (Å²) in [6.07, 6.45) is 3.43. The van der Waals surface area contributed by atoms with Gasteiger partial charge in [-0.25, -0.2) is 14.6 Å². The summed E-state index contributed by atoms with van der Waals surface area (Å²) in [7, 11) is 0. The fourth-order valence-electron chi connectivity index (χ4n) is 3.09. The van der Waals surface area contributed by atoms with Gasteiger partial charge in [0.05, 0.1) is 5.69 Å². The molecular formula is C19H19ClN6O. The van der Waals surface area contributed by atoms with Crippen LogP contribution in [0.2, 0.25) is 5.02 Å². The molecule has 1 aromatic carbocycles. The van der Waals surface area contributed by atoms with Gasteiger partial charge in [-0.2, -0.15) is 5.10 Å². The highest BCUT2D eigenvalue weighted by Crippen LogP contribution is 2.18. The first-order valence-corrected chi connectivity index (χ1v) is 9.12. The third-order valence-electron chi connectivity index (χ3n) is 4.58. The average Bonchev–Trinajstić information content (AvgIpc) is 3.15. The predicted octanol–water partition coefficient (Wildman–Crippen LogP) is 2.59. The number of benzene rings is 1. The second-order valence-electron chi connectivity index (χ2n) is 6.42. The molecule has 1 saturated heterocycles. The fourth-order valence-corrected chi connectivity index (χ4v) is 3.22. The van der Waals surface area contributed by atoms with Crippen molar-refractivity contribution < 1.29 is 4.79 Å². The van der Waals surface area contributed by atoms with Gasteiger partial charge in [0.2, 0.25) is 0 Å². The lowest BCUT2D eigenvalue weighted by Gasteiger charge is -2.35. The standard InChI is InChI=1S/C19H19ClN6O/c1-14-6-7-26(23-14)18-12-17(21-13-22-18)24-8-10-25(11-9-24)19(27)15-2-4-16(20)5-3-15/h2-7,12-13H,8-11H2,1H3. The third-order valence-corrected chi connectivity index (χ3v) is 4.83. The zero-order valence-corrected chi connectivity index (χ0v) is 15.7. The molecule has 1 fully saturated rings. The highest BCUT2D eigenvalue weighted by molar-refractivity contribution is 6.30. The summed E-state index contributed by atoms with van der Waals surface area (Å²) in [6, 6.07) is 10.9. The smallest absolute Gasteiger partial charge is 0.253 e. The lowest BCUT2D eigenvalue weighted by molar-refractivity contribution is 0.0746. The number of anilines is 1. The van der Waals surface area contributed by atoms with E-state index in [4.69, 9.17) is 11.6 Å². The number of hydrogen-bond acceptors (Lipinski definition) is 5. The first-order valence-electron chi connectivity index (χ1n) is 8.74. The summed E-state index contributed by atoms with van der Waals surface area (Å²) in [4.78, 5) is 25.3. The van der Waals surface area contributed by atoms with Gasteiger partial charge in [0.15, 0.2) is 5.82 Å². The molecule has 0 N–H and O–H groups in total. The van der Waals surface area contributed by atoms with Crippen LogP contribution in [0.5, 0.6) is 0 Å². The molecule has 3 aromatic rings. The number of amides is 1. The molecule has 0 saturated carbocycles. The van der Waals surface area contributed by atoms with Crippen LogP contribution < -0.4 is 4.90 Å². The van der Waals surface area contributed by atoms with E-state index in [-0.39, 0.29) is 5.91 Å². The maximum atomic E-state index is 12.6. The van der Waals surface area contributed by atoms with Crippen molar-refractivity contribution in [3.05, 3.63) is 65.2 Å². The maximum absolute atomic E-state index is 12.6. The van der Waals surface area contributed by atoms with Gasteiger partial charge >= 0.3 is 0 Å². The van der Waals surface area contributed by atoms with Crippen LogP contribution >= 0.6 is 11.6 Å². The van der Waals surface area contributed by atoms with Crippen LogP contribution in [0, 0.1) is 6.92 Å². The van der Waals surface area contributed by atoms with Gasteiger partial charge < -0.3 is 9.80 Å². The van der Waals surface area contributed by atoms with Crippen LogP contribution in [0.15, 0.2) is 48.9 Å². The fraction of sp³-hybridized carbons (Fsp3) is 0.263. The normalized spacial score (nSPS) is 14.4. The molecule has 2 aromatic heterocycles. The summed E-state index contributed by atoms with van der Waals surface area (Å²) >= 11 is 5.90. The number of carbonyl (C=O) groups excluding carboxylic acids is 1. The SMILES string of the molecule is Cc1ccn(-c2cc(N3CCN(C(=O)c4ccc(Cl)cc4)CC3)ncn2)n1. The van der Waals surface area contributed by atoms with Gasteiger partial charge in [-0.15, -0.1) is 0 Å². The second kappa shape index (κ2) is 7.36. The third kappa shape index (κ3) is 3.78. The maximum Gasteiger partial charge on any atom is 0.253 e. The molecule has 1 amide bonds. The van der Waals surface area contributed by atoms with Crippen LogP contribution in [0.4, 0.5) is 5.82 Å². The van der Waals surface area contributed by atoms with E-state index in [2.05, 4.69) is 20.0 Å². The van der Waals surface area contributed by atoms with Crippen LogP contribution in [0.3, 0.4) is 0 Å². The quantitative estimate of drug-likeness (QED) is 0.696. The number of aromatic nitrogens is 4. The lowest BCUT2D eigenvalue weighted by Crippen LogP contribution is -2.49. The predicted molar refractivity (Wildman–Crippen MR) is 103 cm³/mol. The van der Waals surface area contributed by atoms with Crippen LogP contribution in [0.1, 0.15) is 16.1 Å². The molecule has 7 nitrogen and oxygen atoms in total. The van der Waals surface area contributed by atoms with Gasteiger partial charge in [-0.1, -0.05) is 11.6 Å². The van der Waals surface area contributed by atoms with E-state index in [1.54, 1.807) is 35.3 Å². The molecule has 0 spiro atoms. The molecule has 0 aliphatic carbocycles. The van der Waals surface area contributed by atoms with Gasteiger partial charge in [-0.3, -0.25) is 4.79 Å². The lowest BCUT2D eigenvalue weighted by atomic mass is 10.2. The van der Waals surface area contributed by atoms with Gasteiger partial charge in [0.25, 0.3) is 5.91 Å². The molecule has 1 aliphatic rings. The van der Waals surface area contributed by atoms with Crippen molar-refractivity contribution in [2.75, 3.05) is 31.1 Å². The number of aryl methyl sites for hydroxylation is 1. The minimum atomic E-state index is 0.0294. The zero-order valence-electron chi connectivity index (χ0n) is 14.9. The monoisotopic (exact) mass is 382 g/mol. The van der Waals surface area contributed by atoms with E-state index in [0.29, 0.717) is 36.8 Å². The zero-order chi connectivity index (χ0) is 18.8. The van der Waals surface area contributed by atoms with Crippen molar-refractivity contribution in [3.63, 3.8) is 0 Å². The highest BCUT2D eigenvalue weighted by atomic mass is 35.5. The Morgan fingerprint density at radius 2 is 1.70 bits per heavy atom. The molecule has 0 unspecified atom stereocenters. The first-order chi connectivity index (χ1) is 13.1. The van der Waals surface area contributed by atoms with E-state index in [1.165, 1.54) is 0 Å². The van der Waals surface area contributed by atoms with Gasteiger partial charge in [-0.05, 0) is 37.3 Å². The summed E-state index contributed by atoms with van der Waals surface area (Å²) in [5.41, 5.74) is 1.59. The Kier molecular flexibility index (Phi) is 4.77. The first kappa shape index (κ1) is 17.5. The molecule has 0 atom stereocenters. The molecule has 3 heterocycles. The number of piperazine rings is 1. The molecule has 0 bridgehead atoms. The van der Waals surface area contributed by atoms with Gasteiger partial charge in [0.1, 0.15) is 12.1 Å². The number of nitrogens with zero attached hydrogens (tertiary/aromatic N) is 6. The summed E-state index contributed by atoms with van der Waals surface area (Å²) in [5.74, 6) is 1.60. The Balaban J connectivity index is 1.43. The molecule has 138 valence electrons. The number of halogens is 1. The largest absolute Gasteiger partial charge is 0.353 e. The van der Waals surface area contributed by atoms with E-state index < -0.39 is 0 Å². The molecule has 8 heteroatoms. The average molecular weight is 383 g/mol. The molecule has 4 rings (SSSR count). The van der Waals surface area contributed by atoms with Crippen LogP contribution in [0.25, 0.3) is 5.82 Å². The van der Waals surface area contributed by atoms with Crippen molar-refractivity contribution in [1.82, 2.24) is 24.6 Å². The van der Waals surface area contributed by atoms with Crippen molar-refractivity contribution in [2.45, 2.75) is 6.92 Å². The second-order valence-corrected chi connectivity index (χ2v) is 6.86. The van der Waals surface area contributed by atoms with E-state index in [0.717, 1.165) is 17.3 Å². The molecular weight excluding hydrogens is 364 g/mol. The Morgan fingerprint density at radius 3 is 2.37 bits per heavy atom. The highest BCUT2D eigenvalue weighted by Gasteiger charge is 2.23. The topological polar surface area (TPSA) is 67.2 Å². The van der Waals surface area contributed by atoms with E-state index in [1.807, 2.05) is 30.2 Å². The molecule has 1 aliphatic heterocycles. The molecule has 0 radical (unpaired) electrons. The van der Waals surface area contributed by atoms with Gasteiger partial charge in [0, 0.05) is 49.0 Å². The molecule has 27 heavy (non-hydrogen) atoms. The van der Waals surface area contributed by atoms with E-state index >= 15 is 0 Å². The summed E-state index contributed by atoms with van der Waals surface area (Å²) in [6.45, 7) is 4.65. The minimum absolute atomic E-state index is 0.0294. The Morgan fingerprint density at radius 1 is 1.00 bits per heavy atom. The minimum Gasteiger partial charge on any atom is -0.353 e. The Hall–Kier alpha value is -2.93. The van der Waals surface area contributed by atoms with Crippen molar-refractivity contribution in [2.24, 2.45) is 0 Å². The van der Waals surface area contributed by atoms with Crippen molar-refractivity contribution >= 4 is 23.3 Å². The number of hydrogen-bond donors (Lipinski definition) is 0. The summed E-state index contributed by atoms with van der Waals surface area (Å²) < 4.78 is 1.74. The van der Waals surface area contributed by atoms with Crippen molar-refractivity contribution in [3.8, 4) is 5.82 Å². The number of rotatable bonds is 3. The Bertz CT molecular complexity index is 947. The Labute approximate surface area is 162 Å². The van der Waals surface area contributed by atoms with Crippen molar-refractivity contribution in [1.29, 1.82) is 0 Å². The van der Waals surface area contributed by atoms with E-state index in [9.17, 15) is 4.79 Å². The van der Waals surface area contributed by atoms with Crippen LogP contribution in [-0.2, 0) is 0 Å².